The normalized spacial score (nSPS) is 15.7. The van der Waals surface area contributed by atoms with Gasteiger partial charge in [-0.05, 0) is 43.5 Å². The van der Waals surface area contributed by atoms with Crippen LogP contribution in [-0.2, 0) is 26.2 Å². The van der Waals surface area contributed by atoms with Crippen LogP contribution in [0.2, 0.25) is 0 Å². The van der Waals surface area contributed by atoms with Crippen LogP contribution in [0.3, 0.4) is 0 Å². The smallest absolute Gasteiger partial charge is 0.331 e. The van der Waals surface area contributed by atoms with Gasteiger partial charge in [0.1, 0.15) is 6.61 Å². The second-order valence-corrected chi connectivity index (χ2v) is 10.7. The van der Waals surface area contributed by atoms with E-state index in [4.69, 9.17) is 4.74 Å². The molecular weight excluding hydrogens is 464 g/mol. The van der Waals surface area contributed by atoms with E-state index in [0.29, 0.717) is 34.3 Å². The Kier molecular flexibility index (Phi) is 7.01. The number of nitrogens with zero attached hydrogens (tertiary/aromatic N) is 4. The summed E-state index contributed by atoms with van der Waals surface area (Å²) in [5.74, 6) is -0.577. The van der Waals surface area contributed by atoms with Gasteiger partial charge in [-0.3, -0.25) is 4.79 Å². The predicted octanol–water partition coefficient (Wildman–Crippen LogP) is 2.78. The summed E-state index contributed by atoms with van der Waals surface area (Å²) in [5, 5.41) is 4.57. The fourth-order valence-electron chi connectivity index (χ4n) is 3.55. The van der Waals surface area contributed by atoms with Crippen molar-refractivity contribution in [3.63, 3.8) is 0 Å². The van der Waals surface area contributed by atoms with Gasteiger partial charge in [0, 0.05) is 30.9 Å². The van der Waals surface area contributed by atoms with E-state index in [2.05, 4.69) is 10.1 Å². The van der Waals surface area contributed by atoms with Crippen LogP contribution in [-0.4, -0.2) is 46.4 Å². The Morgan fingerprint density at radius 3 is 2.55 bits per heavy atom. The zero-order valence-corrected chi connectivity index (χ0v) is 19.8. The van der Waals surface area contributed by atoms with Gasteiger partial charge in [-0.15, -0.1) is 0 Å². The first-order valence-corrected chi connectivity index (χ1v) is 12.9. The predicted molar refractivity (Wildman–Crippen MR) is 124 cm³/mol. The maximum atomic E-state index is 12.8. The van der Waals surface area contributed by atoms with Crippen LogP contribution in [0.1, 0.15) is 41.9 Å². The summed E-state index contributed by atoms with van der Waals surface area (Å²) in [5.41, 5.74) is 0.987. The first kappa shape index (κ1) is 23.3. The molecule has 1 aromatic carbocycles. The molecule has 0 unspecified atom stereocenters. The van der Waals surface area contributed by atoms with E-state index >= 15 is 0 Å². The van der Waals surface area contributed by atoms with E-state index in [0.717, 1.165) is 25.7 Å². The molecule has 2 aromatic heterocycles. The average molecular weight is 489 g/mol. The molecule has 0 spiro atoms. The van der Waals surface area contributed by atoms with Crippen molar-refractivity contribution < 1.29 is 17.9 Å². The number of hydrogen-bond acceptors (Lipinski definition) is 8. The first-order valence-electron chi connectivity index (χ1n) is 10.6. The van der Waals surface area contributed by atoms with E-state index in [9.17, 15) is 18.0 Å². The molecule has 1 aliphatic rings. The Morgan fingerprint density at radius 1 is 1.15 bits per heavy atom. The second-order valence-electron chi connectivity index (χ2n) is 7.75. The minimum atomic E-state index is -3.51. The topological polar surface area (TPSA) is 111 Å². The van der Waals surface area contributed by atoms with Crippen molar-refractivity contribution in [1.29, 1.82) is 0 Å². The lowest BCUT2D eigenvalue weighted by Crippen LogP contribution is -2.31. The highest BCUT2D eigenvalue weighted by atomic mass is 32.2. The maximum Gasteiger partial charge on any atom is 0.331 e. The summed E-state index contributed by atoms with van der Waals surface area (Å²) >= 11 is 1.18. The lowest BCUT2D eigenvalue weighted by Gasteiger charge is -2.19. The summed E-state index contributed by atoms with van der Waals surface area (Å²) in [6.07, 6.45) is 6.69. The Hall–Kier alpha value is -2.89. The van der Waals surface area contributed by atoms with E-state index in [1.807, 2.05) is 0 Å². The van der Waals surface area contributed by atoms with Gasteiger partial charge in [-0.2, -0.15) is 13.9 Å². The fraction of sp³-hybridized carbons (Fsp3) is 0.364. The molecule has 174 valence electrons. The molecule has 9 nitrogen and oxygen atoms in total. The summed E-state index contributed by atoms with van der Waals surface area (Å²) in [6, 6.07) is 7.80. The van der Waals surface area contributed by atoms with Crippen molar-refractivity contribution in [3.8, 4) is 0 Å². The number of ether oxygens (including phenoxy) is 1. The maximum absolute atomic E-state index is 12.8. The lowest BCUT2D eigenvalue weighted by molar-refractivity contribution is -0.138. The van der Waals surface area contributed by atoms with Gasteiger partial charge < -0.3 is 4.74 Å². The highest BCUT2D eigenvalue weighted by molar-refractivity contribution is 7.89. The zero-order valence-electron chi connectivity index (χ0n) is 18.1. The SMILES string of the molecule is Cc1cc(=O)n2nc(COC(=O)/C=C/c3ccc(S(=O)(=O)N4CCCCCC4)cc3)sc2n1. The molecule has 0 bridgehead atoms. The second kappa shape index (κ2) is 9.94. The quantitative estimate of drug-likeness (QED) is 0.387. The number of esters is 1. The average Bonchev–Trinajstić information content (AvgIpc) is 3.00. The summed E-state index contributed by atoms with van der Waals surface area (Å²) < 4.78 is 33.6. The summed E-state index contributed by atoms with van der Waals surface area (Å²) in [6.45, 7) is 2.74. The molecule has 3 aromatic rings. The van der Waals surface area contributed by atoms with Crippen molar-refractivity contribution in [2.75, 3.05) is 13.1 Å². The first-order chi connectivity index (χ1) is 15.8. The molecule has 0 radical (unpaired) electrons. The van der Waals surface area contributed by atoms with Gasteiger partial charge in [-0.1, -0.05) is 36.3 Å². The molecule has 1 saturated heterocycles. The highest BCUT2D eigenvalue weighted by Crippen LogP contribution is 2.21. The molecule has 11 heteroatoms. The molecule has 0 atom stereocenters. The molecule has 3 heterocycles. The molecule has 0 aliphatic carbocycles. The van der Waals surface area contributed by atoms with E-state index < -0.39 is 16.0 Å². The third kappa shape index (κ3) is 5.55. The number of rotatable bonds is 6. The van der Waals surface area contributed by atoms with Crippen molar-refractivity contribution in [3.05, 3.63) is 63.0 Å². The van der Waals surface area contributed by atoms with E-state index in [1.54, 1.807) is 41.6 Å². The third-order valence-corrected chi connectivity index (χ3v) is 8.04. The number of carbonyl (C=O) groups is 1. The van der Waals surface area contributed by atoms with Crippen LogP contribution >= 0.6 is 11.3 Å². The molecule has 33 heavy (non-hydrogen) atoms. The van der Waals surface area contributed by atoms with Crippen molar-refractivity contribution in [1.82, 2.24) is 18.9 Å². The molecule has 1 aliphatic heterocycles. The van der Waals surface area contributed by atoms with Crippen LogP contribution in [0, 0.1) is 6.92 Å². The lowest BCUT2D eigenvalue weighted by atomic mass is 10.2. The molecule has 4 rings (SSSR count). The number of aryl methyl sites for hydroxylation is 1. The Morgan fingerprint density at radius 2 is 1.85 bits per heavy atom. The van der Waals surface area contributed by atoms with Crippen molar-refractivity contribution in [2.24, 2.45) is 0 Å². The number of hydrogen-bond donors (Lipinski definition) is 0. The molecule has 0 amide bonds. The van der Waals surface area contributed by atoms with Crippen molar-refractivity contribution in [2.45, 2.75) is 44.1 Å². The fourth-order valence-corrected chi connectivity index (χ4v) is 5.92. The van der Waals surface area contributed by atoms with Gasteiger partial charge >= 0.3 is 5.97 Å². The third-order valence-electron chi connectivity index (χ3n) is 5.25. The van der Waals surface area contributed by atoms with Crippen LogP contribution in [0.4, 0.5) is 0 Å². The number of benzene rings is 1. The van der Waals surface area contributed by atoms with Gasteiger partial charge in [-0.25, -0.2) is 18.2 Å². The molecule has 1 fully saturated rings. The minimum Gasteiger partial charge on any atom is -0.455 e. The van der Waals surface area contributed by atoms with Crippen LogP contribution in [0.25, 0.3) is 11.0 Å². The molecule has 0 saturated carbocycles. The minimum absolute atomic E-state index is 0.0807. The number of fused-ring (bicyclic) bond motifs is 1. The van der Waals surface area contributed by atoms with Gasteiger partial charge in [0.05, 0.1) is 4.90 Å². The van der Waals surface area contributed by atoms with E-state index in [1.165, 1.54) is 28.0 Å². The van der Waals surface area contributed by atoms with Crippen molar-refractivity contribution >= 4 is 38.4 Å². The van der Waals surface area contributed by atoms with Crippen LogP contribution in [0.15, 0.2) is 46.1 Å². The number of aromatic nitrogens is 3. The van der Waals surface area contributed by atoms with E-state index in [-0.39, 0.29) is 17.1 Å². The Bertz CT molecular complexity index is 1340. The molecule has 0 N–H and O–H groups in total. The summed E-state index contributed by atoms with van der Waals surface area (Å²) in [7, 11) is -3.51. The van der Waals surface area contributed by atoms with Gasteiger partial charge in [0.25, 0.3) is 5.56 Å². The monoisotopic (exact) mass is 488 g/mol. The Labute approximate surface area is 195 Å². The largest absolute Gasteiger partial charge is 0.455 e. The number of carbonyl (C=O) groups excluding carboxylic acids is 1. The summed E-state index contributed by atoms with van der Waals surface area (Å²) in [4.78, 5) is 28.9. The van der Waals surface area contributed by atoms with Crippen LogP contribution in [0.5, 0.6) is 0 Å². The number of sulfonamides is 1. The van der Waals surface area contributed by atoms with Crippen LogP contribution < -0.4 is 5.56 Å². The highest BCUT2D eigenvalue weighted by Gasteiger charge is 2.24. The standard InChI is InChI=1S/C22H24N4O5S2/c1-16-14-20(27)26-22(23-16)32-19(24-26)15-31-21(28)11-8-17-6-9-18(10-7-17)33(29,30)25-12-4-2-3-5-13-25/h6-11,14H,2-5,12-13,15H2,1H3/b11-8+. The Balaban J connectivity index is 1.36. The van der Waals surface area contributed by atoms with Gasteiger partial charge in [0.2, 0.25) is 15.0 Å². The molecular formula is C22H24N4O5S2. The van der Waals surface area contributed by atoms with Gasteiger partial charge in [0.15, 0.2) is 5.01 Å². The zero-order chi connectivity index (χ0) is 23.4.